The van der Waals surface area contributed by atoms with Gasteiger partial charge in [0, 0.05) is 18.9 Å². The highest BCUT2D eigenvalue weighted by Crippen LogP contribution is 2.23. The minimum absolute atomic E-state index is 0.000000000000000444. The highest BCUT2D eigenvalue weighted by Gasteiger charge is 2.22. The van der Waals surface area contributed by atoms with Gasteiger partial charge < -0.3 is 10.4 Å². The van der Waals surface area contributed by atoms with Crippen LogP contribution < -0.4 is 5.32 Å². The van der Waals surface area contributed by atoms with Gasteiger partial charge in [0.2, 0.25) is 5.91 Å². The SMILES string of the molecule is CC1CCCCC1NC(=O)CCCC(=O)O. The molecule has 4 heteroatoms. The van der Waals surface area contributed by atoms with Crippen molar-refractivity contribution in [1.82, 2.24) is 5.32 Å². The highest BCUT2D eigenvalue weighted by atomic mass is 16.4. The molecule has 1 fully saturated rings. The van der Waals surface area contributed by atoms with E-state index < -0.39 is 5.97 Å². The topological polar surface area (TPSA) is 66.4 Å². The number of carboxylic acids is 1. The van der Waals surface area contributed by atoms with Crippen molar-refractivity contribution in [3.05, 3.63) is 0 Å². The van der Waals surface area contributed by atoms with E-state index in [0.29, 0.717) is 24.8 Å². The van der Waals surface area contributed by atoms with Gasteiger partial charge in [-0.1, -0.05) is 19.8 Å². The summed E-state index contributed by atoms with van der Waals surface area (Å²) >= 11 is 0. The Morgan fingerprint density at radius 1 is 1.25 bits per heavy atom. The molecule has 0 aromatic rings. The monoisotopic (exact) mass is 227 g/mol. The van der Waals surface area contributed by atoms with Crippen molar-refractivity contribution in [3.8, 4) is 0 Å². The van der Waals surface area contributed by atoms with Gasteiger partial charge in [0.15, 0.2) is 0 Å². The number of hydrogen-bond donors (Lipinski definition) is 2. The summed E-state index contributed by atoms with van der Waals surface area (Å²) in [6, 6.07) is 0.297. The molecule has 2 N–H and O–H groups in total. The Morgan fingerprint density at radius 2 is 1.94 bits per heavy atom. The minimum Gasteiger partial charge on any atom is -0.481 e. The van der Waals surface area contributed by atoms with E-state index in [-0.39, 0.29) is 12.3 Å². The molecule has 16 heavy (non-hydrogen) atoms. The molecule has 0 spiro atoms. The zero-order valence-corrected chi connectivity index (χ0v) is 9.87. The van der Waals surface area contributed by atoms with Crippen LogP contribution in [0.1, 0.15) is 51.9 Å². The van der Waals surface area contributed by atoms with Crippen molar-refractivity contribution in [2.24, 2.45) is 5.92 Å². The third-order valence-electron chi connectivity index (χ3n) is 3.25. The molecule has 0 aromatic heterocycles. The zero-order chi connectivity index (χ0) is 12.0. The second kappa shape index (κ2) is 6.51. The molecule has 4 nitrogen and oxygen atoms in total. The molecular formula is C12H21NO3. The van der Waals surface area contributed by atoms with Crippen molar-refractivity contribution in [2.75, 3.05) is 0 Å². The number of amides is 1. The highest BCUT2D eigenvalue weighted by molar-refractivity contribution is 5.77. The van der Waals surface area contributed by atoms with Crippen LogP contribution in [0.5, 0.6) is 0 Å². The lowest BCUT2D eigenvalue weighted by Gasteiger charge is -2.29. The summed E-state index contributed by atoms with van der Waals surface area (Å²) in [4.78, 5) is 21.8. The van der Waals surface area contributed by atoms with Crippen LogP contribution in [0.3, 0.4) is 0 Å². The van der Waals surface area contributed by atoms with Crippen LogP contribution >= 0.6 is 0 Å². The molecule has 0 aromatic carbocycles. The van der Waals surface area contributed by atoms with Gasteiger partial charge in [-0.05, 0) is 25.2 Å². The summed E-state index contributed by atoms with van der Waals surface area (Å²) in [6.45, 7) is 2.17. The molecule has 1 saturated carbocycles. The smallest absolute Gasteiger partial charge is 0.303 e. The van der Waals surface area contributed by atoms with Crippen molar-refractivity contribution in [2.45, 2.75) is 57.9 Å². The molecule has 2 atom stereocenters. The predicted molar refractivity (Wildman–Crippen MR) is 61.0 cm³/mol. The minimum atomic E-state index is -0.834. The van der Waals surface area contributed by atoms with Gasteiger partial charge >= 0.3 is 5.97 Å². The fraction of sp³-hybridized carbons (Fsp3) is 0.833. The number of hydrogen-bond acceptors (Lipinski definition) is 2. The van der Waals surface area contributed by atoms with E-state index in [1.165, 1.54) is 19.3 Å². The normalized spacial score (nSPS) is 25.1. The lowest BCUT2D eigenvalue weighted by Crippen LogP contribution is -2.40. The molecule has 2 unspecified atom stereocenters. The Labute approximate surface area is 96.4 Å². The molecule has 0 radical (unpaired) electrons. The van der Waals surface area contributed by atoms with E-state index in [4.69, 9.17) is 5.11 Å². The van der Waals surface area contributed by atoms with E-state index in [9.17, 15) is 9.59 Å². The molecule has 1 rings (SSSR count). The first-order chi connectivity index (χ1) is 7.59. The zero-order valence-electron chi connectivity index (χ0n) is 9.87. The number of nitrogens with one attached hydrogen (secondary N) is 1. The van der Waals surface area contributed by atoms with Crippen molar-refractivity contribution < 1.29 is 14.7 Å². The van der Waals surface area contributed by atoms with E-state index in [0.717, 1.165) is 6.42 Å². The Morgan fingerprint density at radius 3 is 2.56 bits per heavy atom. The Bertz CT molecular complexity index is 253. The maximum atomic E-state index is 11.5. The first kappa shape index (κ1) is 13.0. The number of aliphatic carboxylic acids is 1. The Balaban J connectivity index is 2.19. The molecule has 0 aliphatic heterocycles. The van der Waals surface area contributed by atoms with Gasteiger partial charge in [0.05, 0.1) is 0 Å². The average Bonchev–Trinajstić information content (AvgIpc) is 2.21. The van der Waals surface area contributed by atoms with Crippen LogP contribution in [-0.2, 0) is 9.59 Å². The third kappa shape index (κ3) is 4.64. The summed E-state index contributed by atoms with van der Waals surface area (Å²) in [5.74, 6) is -0.281. The van der Waals surface area contributed by atoms with Crippen molar-refractivity contribution >= 4 is 11.9 Å². The second-order valence-electron chi connectivity index (χ2n) is 4.68. The quantitative estimate of drug-likeness (QED) is 0.754. The van der Waals surface area contributed by atoms with Gasteiger partial charge in [0.1, 0.15) is 0 Å². The van der Waals surface area contributed by atoms with Crippen molar-refractivity contribution in [3.63, 3.8) is 0 Å². The average molecular weight is 227 g/mol. The van der Waals surface area contributed by atoms with E-state index in [1.807, 2.05) is 0 Å². The van der Waals surface area contributed by atoms with Gasteiger partial charge in [-0.3, -0.25) is 9.59 Å². The van der Waals surface area contributed by atoms with Crippen LogP contribution in [0.4, 0.5) is 0 Å². The van der Waals surface area contributed by atoms with Gasteiger partial charge in [-0.25, -0.2) is 0 Å². The van der Waals surface area contributed by atoms with Crippen LogP contribution in [0.25, 0.3) is 0 Å². The second-order valence-corrected chi connectivity index (χ2v) is 4.68. The Hall–Kier alpha value is -1.06. The Kier molecular flexibility index (Phi) is 5.29. The molecule has 1 aliphatic rings. The molecule has 0 saturated heterocycles. The number of carbonyl (C=O) groups excluding carboxylic acids is 1. The maximum absolute atomic E-state index is 11.5. The molecule has 1 aliphatic carbocycles. The van der Waals surface area contributed by atoms with Crippen LogP contribution in [0.15, 0.2) is 0 Å². The summed E-state index contributed by atoms with van der Waals surface area (Å²) in [5.41, 5.74) is 0. The number of carboxylic acid groups (broad SMARTS) is 1. The summed E-state index contributed by atoms with van der Waals surface area (Å²) in [7, 11) is 0. The summed E-state index contributed by atoms with van der Waals surface area (Å²) in [5, 5.41) is 11.5. The first-order valence-corrected chi connectivity index (χ1v) is 6.10. The maximum Gasteiger partial charge on any atom is 0.303 e. The van der Waals surface area contributed by atoms with Crippen LogP contribution in [0.2, 0.25) is 0 Å². The molecule has 92 valence electrons. The lowest BCUT2D eigenvalue weighted by atomic mass is 9.86. The standard InChI is InChI=1S/C12H21NO3/c1-9-5-2-3-6-10(9)13-11(14)7-4-8-12(15)16/h9-10H,2-8H2,1H3,(H,13,14)(H,15,16). The van der Waals surface area contributed by atoms with Gasteiger partial charge in [-0.15, -0.1) is 0 Å². The van der Waals surface area contributed by atoms with Crippen LogP contribution in [0, 0.1) is 5.92 Å². The first-order valence-electron chi connectivity index (χ1n) is 6.10. The van der Waals surface area contributed by atoms with E-state index in [1.54, 1.807) is 0 Å². The molecule has 1 amide bonds. The van der Waals surface area contributed by atoms with Gasteiger partial charge in [0.25, 0.3) is 0 Å². The fourth-order valence-electron chi connectivity index (χ4n) is 2.21. The lowest BCUT2D eigenvalue weighted by molar-refractivity contribution is -0.137. The largest absolute Gasteiger partial charge is 0.481 e. The molecule has 0 heterocycles. The van der Waals surface area contributed by atoms with Crippen molar-refractivity contribution in [1.29, 1.82) is 0 Å². The number of rotatable bonds is 5. The fourth-order valence-corrected chi connectivity index (χ4v) is 2.21. The van der Waals surface area contributed by atoms with E-state index in [2.05, 4.69) is 12.2 Å². The summed E-state index contributed by atoms with van der Waals surface area (Å²) < 4.78 is 0. The van der Waals surface area contributed by atoms with Gasteiger partial charge in [-0.2, -0.15) is 0 Å². The number of carbonyl (C=O) groups is 2. The van der Waals surface area contributed by atoms with E-state index >= 15 is 0 Å². The molecule has 0 bridgehead atoms. The molecular weight excluding hydrogens is 206 g/mol. The third-order valence-corrected chi connectivity index (χ3v) is 3.25. The van der Waals surface area contributed by atoms with Crippen LogP contribution in [-0.4, -0.2) is 23.0 Å². The summed E-state index contributed by atoms with van der Waals surface area (Å²) in [6.07, 6.45) is 5.52. The predicted octanol–water partition coefficient (Wildman–Crippen LogP) is 1.94.